The van der Waals surface area contributed by atoms with Gasteiger partial charge in [0.2, 0.25) is 0 Å². The van der Waals surface area contributed by atoms with E-state index in [0.29, 0.717) is 12.0 Å². The topological polar surface area (TPSA) is 20.5 Å². The highest BCUT2D eigenvalue weighted by Gasteiger charge is 2.23. The van der Waals surface area contributed by atoms with Crippen LogP contribution in [0.5, 0.6) is 0 Å². The Labute approximate surface area is 125 Å². The van der Waals surface area contributed by atoms with Crippen LogP contribution in [0.4, 0.5) is 0 Å². The van der Waals surface area contributed by atoms with Crippen LogP contribution in [-0.2, 0) is 6.42 Å². The van der Waals surface area contributed by atoms with Crippen molar-refractivity contribution in [1.82, 2.24) is 14.3 Å². The second-order valence-corrected chi connectivity index (χ2v) is 6.55. The van der Waals surface area contributed by atoms with Crippen molar-refractivity contribution < 1.29 is 0 Å². The largest absolute Gasteiger partial charge is 0.302 e. The zero-order valence-corrected chi connectivity index (χ0v) is 13.0. The van der Waals surface area contributed by atoms with E-state index in [0.717, 1.165) is 22.8 Å². The molecule has 4 heteroatoms. The Morgan fingerprint density at radius 3 is 3.05 bits per heavy atom. The van der Waals surface area contributed by atoms with E-state index in [-0.39, 0.29) is 0 Å². The molecule has 1 aliphatic heterocycles. The molecule has 0 spiro atoms. The smallest absolute Gasteiger partial charge is 0.113 e. The molecule has 2 aromatic rings. The third kappa shape index (κ3) is 2.84. The van der Waals surface area contributed by atoms with Crippen LogP contribution in [0, 0.1) is 5.92 Å². The van der Waals surface area contributed by atoms with Gasteiger partial charge in [0.25, 0.3) is 0 Å². The minimum atomic E-state index is 0.643. The molecule has 0 aliphatic carbocycles. The van der Waals surface area contributed by atoms with Crippen molar-refractivity contribution in [3.8, 4) is 0 Å². The Hall–Kier alpha value is -1.06. The van der Waals surface area contributed by atoms with Gasteiger partial charge in [-0.2, -0.15) is 0 Å². The quantitative estimate of drug-likeness (QED) is 0.860. The van der Waals surface area contributed by atoms with Gasteiger partial charge in [-0.05, 0) is 51.3 Å². The number of piperidine rings is 1. The summed E-state index contributed by atoms with van der Waals surface area (Å²) in [5.41, 5.74) is 1.13. The number of hydrogen-bond donors (Lipinski definition) is 0. The van der Waals surface area contributed by atoms with E-state index < -0.39 is 0 Å². The van der Waals surface area contributed by atoms with Crippen molar-refractivity contribution in [2.75, 3.05) is 13.1 Å². The summed E-state index contributed by atoms with van der Waals surface area (Å²) in [6.45, 7) is 7.00. The predicted octanol–water partition coefficient (Wildman–Crippen LogP) is 3.65. The number of hydrogen-bond acceptors (Lipinski definition) is 2. The summed E-state index contributed by atoms with van der Waals surface area (Å²) in [7, 11) is 0. The van der Waals surface area contributed by atoms with E-state index >= 15 is 0 Å². The Morgan fingerprint density at radius 2 is 2.25 bits per heavy atom. The lowest BCUT2D eigenvalue weighted by atomic mass is 9.93. The Morgan fingerprint density at radius 1 is 1.40 bits per heavy atom. The first-order chi connectivity index (χ1) is 9.63. The molecule has 0 radical (unpaired) electrons. The normalized spacial score (nSPS) is 20.9. The molecule has 3 rings (SSSR count). The molecule has 3 nitrogen and oxygen atoms in total. The maximum atomic E-state index is 6.10. The number of likely N-dealkylation sites (tertiary alicyclic amines) is 1. The SMILES string of the molecule is CC(C)N1CCCC(Cc2ncc3ccc(Cl)cn23)C1. The van der Waals surface area contributed by atoms with Crippen molar-refractivity contribution in [3.63, 3.8) is 0 Å². The average molecular weight is 292 g/mol. The Balaban J connectivity index is 1.77. The van der Waals surface area contributed by atoms with Crippen molar-refractivity contribution in [1.29, 1.82) is 0 Å². The van der Waals surface area contributed by atoms with Crippen LogP contribution in [-0.4, -0.2) is 33.4 Å². The molecule has 1 aliphatic rings. The molecule has 1 atom stereocenters. The molecule has 0 aromatic carbocycles. The number of pyridine rings is 1. The molecule has 1 fully saturated rings. The van der Waals surface area contributed by atoms with Crippen LogP contribution in [0.2, 0.25) is 5.02 Å². The van der Waals surface area contributed by atoms with Crippen molar-refractivity contribution in [2.24, 2.45) is 5.92 Å². The lowest BCUT2D eigenvalue weighted by Gasteiger charge is -2.35. The minimum absolute atomic E-state index is 0.643. The van der Waals surface area contributed by atoms with E-state index in [1.54, 1.807) is 0 Å². The van der Waals surface area contributed by atoms with Gasteiger partial charge in [0.15, 0.2) is 0 Å². The first kappa shape index (κ1) is 13.9. The second kappa shape index (κ2) is 5.74. The summed E-state index contributed by atoms with van der Waals surface area (Å²) in [6.07, 6.45) is 7.56. The van der Waals surface area contributed by atoms with Gasteiger partial charge in [-0.3, -0.25) is 0 Å². The second-order valence-electron chi connectivity index (χ2n) is 6.12. The number of aromatic nitrogens is 2. The molecule has 0 N–H and O–H groups in total. The third-order valence-corrected chi connectivity index (χ3v) is 4.54. The summed E-state index contributed by atoms with van der Waals surface area (Å²) in [6, 6.07) is 4.59. The molecule has 0 amide bonds. The van der Waals surface area contributed by atoms with Gasteiger partial charge in [0, 0.05) is 25.2 Å². The van der Waals surface area contributed by atoms with Crippen molar-refractivity contribution in [2.45, 2.75) is 39.2 Å². The highest BCUT2D eigenvalue weighted by Crippen LogP contribution is 2.23. The molecular weight excluding hydrogens is 270 g/mol. The zero-order valence-electron chi connectivity index (χ0n) is 12.2. The van der Waals surface area contributed by atoms with Crippen molar-refractivity contribution >= 4 is 17.1 Å². The number of nitrogens with zero attached hydrogens (tertiary/aromatic N) is 3. The Bertz CT molecular complexity index is 590. The van der Waals surface area contributed by atoms with Gasteiger partial charge in [0.05, 0.1) is 16.7 Å². The first-order valence-electron chi connectivity index (χ1n) is 7.49. The van der Waals surface area contributed by atoms with Crippen LogP contribution in [0.1, 0.15) is 32.5 Å². The average Bonchev–Trinajstić information content (AvgIpc) is 2.82. The number of halogens is 1. The molecule has 1 unspecified atom stereocenters. The van der Waals surface area contributed by atoms with E-state index in [4.69, 9.17) is 11.6 Å². The summed E-state index contributed by atoms with van der Waals surface area (Å²) >= 11 is 6.10. The molecule has 1 saturated heterocycles. The fourth-order valence-electron chi connectivity index (χ4n) is 3.16. The van der Waals surface area contributed by atoms with Gasteiger partial charge < -0.3 is 9.30 Å². The first-order valence-corrected chi connectivity index (χ1v) is 7.87. The third-order valence-electron chi connectivity index (χ3n) is 4.32. The molecule has 0 saturated carbocycles. The predicted molar refractivity (Wildman–Crippen MR) is 83.3 cm³/mol. The number of imidazole rings is 1. The molecule has 0 bridgehead atoms. The van der Waals surface area contributed by atoms with Crippen LogP contribution >= 0.6 is 11.6 Å². The minimum Gasteiger partial charge on any atom is -0.302 e. The molecular formula is C16H22ClN3. The monoisotopic (exact) mass is 291 g/mol. The Kier molecular flexibility index (Phi) is 3.99. The summed E-state index contributed by atoms with van der Waals surface area (Å²) in [4.78, 5) is 7.17. The molecule has 20 heavy (non-hydrogen) atoms. The van der Waals surface area contributed by atoms with Crippen LogP contribution in [0.15, 0.2) is 24.5 Å². The maximum Gasteiger partial charge on any atom is 0.113 e. The van der Waals surface area contributed by atoms with Crippen LogP contribution in [0.3, 0.4) is 0 Å². The molecule has 3 heterocycles. The molecule has 2 aromatic heterocycles. The van der Waals surface area contributed by atoms with Gasteiger partial charge >= 0.3 is 0 Å². The van der Waals surface area contributed by atoms with Crippen LogP contribution in [0.25, 0.3) is 5.52 Å². The van der Waals surface area contributed by atoms with E-state index in [9.17, 15) is 0 Å². The zero-order chi connectivity index (χ0) is 14.1. The van der Waals surface area contributed by atoms with E-state index in [1.165, 1.54) is 25.9 Å². The van der Waals surface area contributed by atoms with Gasteiger partial charge in [-0.1, -0.05) is 11.6 Å². The van der Waals surface area contributed by atoms with E-state index in [2.05, 4.69) is 28.1 Å². The standard InChI is InChI=1S/C16H22ClN3/c1-12(2)19-7-3-4-13(10-19)8-16-18-9-15-6-5-14(17)11-20(15)16/h5-6,9,11-13H,3-4,7-8,10H2,1-2H3. The number of rotatable bonds is 3. The van der Waals surface area contributed by atoms with Crippen LogP contribution < -0.4 is 0 Å². The van der Waals surface area contributed by atoms with Gasteiger partial charge in [-0.15, -0.1) is 0 Å². The maximum absolute atomic E-state index is 6.10. The molecule has 108 valence electrons. The summed E-state index contributed by atoms with van der Waals surface area (Å²) < 4.78 is 2.14. The summed E-state index contributed by atoms with van der Waals surface area (Å²) in [5, 5.41) is 0.768. The lowest BCUT2D eigenvalue weighted by Crippen LogP contribution is -2.40. The van der Waals surface area contributed by atoms with Gasteiger partial charge in [0.1, 0.15) is 5.82 Å². The fraction of sp³-hybridized carbons (Fsp3) is 0.562. The van der Waals surface area contributed by atoms with Crippen molar-refractivity contribution in [3.05, 3.63) is 35.4 Å². The highest BCUT2D eigenvalue weighted by molar-refractivity contribution is 6.30. The number of fused-ring (bicyclic) bond motifs is 1. The van der Waals surface area contributed by atoms with E-state index in [1.807, 2.05) is 24.5 Å². The highest BCUT2D eigenvalue weighted by atomic mass is 35.5. The lowest BCUT2D eigenvalue weighted by molar-refractivity contribution is 0.138. The fourth-order valence-corrected chi connectivity index (χ4v) is 3.32. The summed E-state index contributed by atoms with van der Waals surface area (Å²) in [5.74, 6) is 1.84. The van der Waals surface area contributed by atoms with Gasteiger partial charge in [-0.25, -0.2) is 4.98 Å².